The molecule has 0 aromatic carbocycles. The predicted octanol–water partition coefficient (Wildman–Crippen LogP) is 1.04. The second-order valence-corrected chi connectivity index (χ2v) is 8.35. The Bertz CT molecular complexity index is 521. The van der Waals surface area contributed by atoms with E-state index in [1.165, 1.54) is 12.8 Å². The molecule has 17 heavy (non-hydrogen) atoms. The van der Waals surface area contributed by atoms with Gasteiger partial charge in [0.05, 0.1) is 11.0 Å². The maximum Gasteiger partial charge on any atom is 0.208 e. The van der Waals surface area contributed by atoms with E-state index in [1.54, 1.807) is 18.3 Å². The van der Waals surface area contributed by atoms with Gasteiger partial charge in [-0.25, -0.2) is 8.42 Å². The van der Waals surface area contributed by atoms with Crippen LogP contribution in [0.2, 0.25) is 0 Å². The summed E-state index contributed by atoms with van der Waals surface area (Å²) >= 11 is 1.62. The molecule has 7 heteroatoms. The highest BCUT2D eigenvalue weighted by Gasteiger charge is 2.32. The Hall–Kier alpha value is -0.690. The summed E-state index contributed by atoms with van der Waals surface area (Å²) in [5.41, 5.74) is 0. The van der Waals surface area contributed by atoms with Gasteiger partial charge in [0.25, 0.3) is 0 Å². The number of sulfone groups is 1. The van der Waals surface area contributed by atoms with Crippen molar-refractivity contribution in [3.8, 4) is 0 Å². The minimum absolute atomic E-state index is 0.229. The third-order valence-electron chi connectivity index (χ3n) is 3.36. The minimum atomic E-state index is -2.88. The lowest BCUT2D eigenvalue weighted by Crippen LogP contribution is -2.45. The summed E-state index contributed by atoms with van der Waals surface area (Å²) in [7, 11) is -2.88. The molecule has 5 nitrogen and oxygen atoms in total. The molecule has 0 amide bonds. The molecule has 1 aromatic heterocycles. The molecule has 0 bridgehead atoms. The van der Waals surface area contributed by atoms with Gasteiger partial charge in [0.2, 0.25) is 5.13 Å². The molecule has 0 radical (unpaired) electrons. The number of nitrogens with zero attached hydrogens (tertiary/aromatic N) is 3. The Kier molecular flexibility index (Phi) is 2.62. The molecule has 1 atom stereocenters. The fraction of sp³-hybridized carbons (Fsp3) is 0.800. The van der Waals surface area contributed by atoms with Gasteiger partial charge in [0.1, 0.15) is 5.01 Å². The van der Waals surface area contributed by atoms with E-state index in [1.807, 2.05) is 0 Å². The fourth-order valence-corrected chi connectivity index (χ4v) is 4.31. The van der Waals surface area contributed by atoms with Gasteiger partial charge in [-0.05, 0) is 19.8 Å². The standard InChI is InChI=1S/C10H15N3O2S2/c1-7-6-13(4-5-17(7,14)15)10-12-11-9(16-10)8-2-3-8/h7-8H,2-6H2,1H3. The molecule has 1 saturated heterocycles. The van der Waals surface area contributed by atoms with Gasteiger partial charge < -0.3 is 4.90 Å². The second kappa shape index (κ2) is 3.91. The average Bonchev–Trinajstić information content (AvgIpc) is 3.01. The minimum Gasteiger partial charge on any atom is -0.344 e. The van der Waals surface area contributed by atoms with Crippen LogP contribution in [0.3, 0.4) is 0 Å². The van der Waals surface area contributed by atoms with Crippen molar-refractivity contribution in [1.29, 1.82) is 0 Å². The number of aromatic nitrogens is 2. The van der Waals surface area contributed by atoms with Crippen molar-refractivity contribution in [2.75, 3.05) is 23.7 Å². The summed E-state index contributed by atoms with van der Waals surface area (Å²) in [4.78, 5) is 2.05. The summed E-state index contributed by atoms with van der Waals surface area (Å²) in [6.45, 7) is 2.86. The van der Waals surface area contributed by atoms with Gasteiger partial charge >= 0.3 is 0 Å². The first-order chi connectivity index (χ1) is 8.06. The predicted molar refractivity (Wildman–Crippen MR) is 67.3 cm³/mol. The SMILES string of the molecule is CC1CN(c2nnc(C3CC3)s2)CCS1(=O)=O. The van der Waals surface area contributed by atoms with Crippen LogP contribution in [-0.4, -0.2) is 42.7 Å². The zero-order valence-electron chi connectivity index (χ0n) is 9.66. The van der Waals surface area contributed by atoms with Crippen LogP contribution in [0.1, 0.15) is 30.7 Å². The molecule has 1 aliphatic heterocycles. The zero-order valence-corrected chi connectivity index (χ0v) is 11.3. The summed E-state index contributed by atoms with van der Waals surface area (Å²) in [5, 5.41) is 10.1. The third kappa shape index (κ3) is 2.18. The van der Waals surface area contributed by atoms with Crippen molar-refractivity contribution < 1.29 is 8.42 Å². The highest BCUT2D eigenvalue weighted by Crippen LogP contribution is 2.42. The zero-order chi connectivity index (χ0) is 12.0. The molecule has 94 valence electrons. The monoisotopic (exact) mass is 273 g/mol. The summed E-state index contributed by atoms with van der Waals surface area (Å²) in [6.07, 6.45) is 2.44. The van der Waals surface area contributed by atoms with E-state index in [0.29, 0.717) is 19.0 Å². The van der Waals surface area contributed by atoms with Crippen LogP contribution in [0.5, 0.6) is 0 Å². The molecule has 1 saturated carbocycles. The van der Waals surface area contributed by atoms with E-state index in [0.717, 1.165) is 10.1 Å². The topological polar surface area (TPSA) is 63.2 Å². The van der Waals surface area contributed by atoms with Gasteiger partial charge in [-0.2, -0.15) is 0 Å². The highest BCUT2D eigenvalue weighted by atomic mass is 32.2. The Morgan fingerprint density at radius 1 is 1.35 bits per heavy atom. The van der Waals surface area contributed by atoms with Crippen molar-refractivity contribution in [3.05, 3.63) is 5.01 Å². The number of hydrogen-bond acceptors (Lipinski definition) is 6. The van der Waals surface area contributed by atoms with Crippen LogP contribution in [-0.2, 0) is 9.84 Å². The molecule has 2 fully saturated rings. The van der Waals surface area contributed by atoms with E-state index in [-0.39, 0.29) is 11.0 Å². The van der Waals surface area contributed by atoms with E-state index >= 15 is 0 Å². The normalized spacial score (nSPS) is 28.3. The van der Waals surface area contributed by atoms with Crippen molar-refractivity contribution >= 4 is 26.3 Å². The molecule has 0 N–H and O–H groups in total. The van der Waals surface area contributed by atoms with Crippen LogP contribution < -0.4 is 4.90 Å². The van der Waals surface area contributed by atoms with Crippen molar-refractivity contribution in [2.24, 2.45) is 0 Å². The first-order valence-electron chi connectivity index (χ1n) is 5.86. The quantitative estimate of drug-likeness (QED) is 0.805. The lowest BCUT2D eigenvalue weighted by atomic mass is 10.4. The molecular weight excluding hydrogens is 258 g/mol. The first kappa shape index (κ1) is 11.4. The molecule has 2 heterocycles. The van der Waals surface area contributed by atoms with Gasteiger partial charge in [-0.15, -0.1) is 10.2 Å². The maximum atomic E-state index is 11.6. The number of rotatable bonds is 2. The highest BCUT2D eigenvalue weighted by molar-refractivity contribution is 7.92. The van der Waals surface area contributed by atoms with E-state index < -0.39 is 9.84 Å². The number of hydrogen-bond donors (Lipinski definition) is 0. The van der Waals surface area contributed by atoms with Crippen LogP contribution >= 0.6 is 11.3 Å². The Morgan fingerprint density at radius 3 is 2.76 bits per heavy atom. The largest absolute Gasteiger partial charge is 0.344 e. The second-order valence-electron chi connectivity index (χ2n) is 4.82. The Balaban J connectivity index is 1.76. The molecule has 1 aliphatic carbocycles. The van der Waals surface area contributed by atoms with E-state index in [2.05, 4.69) is 15.1 Å². The molecule has 0 spiro atoms. The molecule has 2 aliphatic rings. The van der Waals surface area contributed by atoms with E-state index in [4.69, 9.17) is 0 Å². The van der Waals surface area contributed by atoms with Gasteiger partial charge in [-0.3, -0.25) is 0 Å². The van der Waals surface area contributed by atoms with Crippen LogP contribution in [0.4, 0.5) is 5.13 Å². The molecular formula is C10H15N3O2S2. The number of anilines is 1. The lowest BCUT2D eigenvalue weighted by molar-refractivity contribution is 0.569. The maximum absolute atomic E-state index is 11.6. The summed E-state index contributed by atoms with van der Waals surface area (Å²) in [6, 6.07) is 0. The van der Waals surface area contributed by atoms with Crippen molar-refractivity contribution in [3.63, 3.8) is 0 Å². The molecule has 3 rings (SSSR count). The van der Waals surface area contributed by atoms with Crippen LogP contribution in [0, 0.1) is 0 Å². The smallest absolute Gasteiger partial charge is 0.208 e. The van der Waals surface area contributed by atoms with Crippen LogP contribution in [0.25, 0.3) is 0 Å². The first-order valence-corrected chi connectivity index (χ1v) is 8.39. The third-order valence-corrected chi connectivity index (χ3v) is 6.64. The van der Waals surface area contributed by atoms with Gasteiger partial charge in [0.15, 0.2) is 9.84 Å². The molecule has 1 unspecified atom stereocenters. The van der Waals surface area contributed by atoms with Crippen LogP contribution in [0.15, 0.2) is 0 Å². The molecule has 1 aromatic rings. The average molecular weight is 273 g/mol. The Morgan fingerprint density at radius 2 is 2.12 bits per heavy atom. The van der Waals surface area contributed by atoms with Gasteiger partial charge in [0, 0.05) is 19.0 Å². The lowest BCUT2D eigenvalue weighted by Gasteiger charge is -2.30. The van der Waals surface area contributed by atoms with Crippen molar-refractivity contribution in [2.45, 2.75) is 30.9 Å². The van der Waals surface area contributed by atoms with E-state index in [9.17, 15) is 8.42 Å². The summed E-state index contributed by atoms with van der Waals surface area (Å²) in [5.74, 6) is 0.846. The fourth-order valence-electron chi connectivity index (χ4n) is 1.98. The van der Waals surface area contributed by atoms with Gasteiger partial charge in [-0.1, -0.05) is 11.3 Å². The van der Waals surface area contributed by atoms with Crippen molar-refractivity contribution in [1.82, 2.24) is 10.2 Å². The Labute approximate surface area is 105 Å². The summed E-state index contributed by atoms with van der Waals surface area (Å²) < 4.78 is 23.2.